The zero-order valence-electron chi connectivity index (χ0n) is 12.4. The molecule has 5 heteroatoms. The van der Waals surface area contributed by atoms with E-state index in [0.29, 0.717) is 12.1 Å². The first-order chi connectivity index (χ1) is 9.79. The molecular weight excluding hydrogens is 252 g/mol. The number of aryl methyl sites for hydroxylation is 1. The molecule has 3 rings (SSSR count). The molecule has 5 nitrogen and oxygen atoms in total. The Morgan fingerprint density at radius 1 is 1.40 bits per heavy atom. The molecule has 1 aliphatic carbocycles. The first-order valence-electron chi connectivity index (χ1n) is 7.75. The van der Waals surface area contributed by atoms with Crippen molar-refractivity contribution in [1.29, 1.82) is 0 Å². The van der Waals surface area contributed by atoms with Crippen molar-refractivity contribution >= 4 is 11.8 Å². The van der Waals surface area contributed by atoms with Gasteiger partial charge in [-0.2, -0.15) is 4.98 Å². The Labute approximate surface area is 120 Å². The third kappa shape index (κ3) is 2.59. The minimum absolute atomic E-state index is 0.384. The van der Waals surface area contributed by atoms with E-state index in [0.717, 1.165) is 37.0 Å². The number of fused-ring (bicyclic) bond motifs is 1. The Morgan fingerprint density at radius 2 is 2.25 bits per heavy atom. The summed E-state index contributed by atoms with van der Waals surface area (Å²) in [5.74, 6) is 1.81. The lowest BCUT2D eigenvalue weighted by molar-refractivity contribution is -0.00903. The van der Waals surface area contributed by atoms with Crippen molar-refractivity contribution in [3.05, 3.63) is 11.8 Å². The maximum absolute atomic E-state index is 5.95. The van der Waals surface area contributed by atoms with Crippen LogP contribution in [0.5, 0.6) is 0 Å². The van der Waals surface area contributed by atoms with Crippen LogP contribution in [-0.2, 0) is 4.74 Å². The summed E-state index contributed by atoms with van der Waals surface area (Å²) in [5, 5.41) is 3.21. The van der Waals surface area contributed by atoms with Crippen molar-refractivity contribution in [2.45, 2.75) is 51.7 Å². The molecule has 1 N–H and O–H groups in total. The van der Waals surface area contributed by atoms with Crippen LogP contribution in [0.4, 0.5) is 11.8 Å². The molecular formula is C15H24N4O. The van der Waals surface area contributed by atoms with Gasteiger partial charge in [0.1, 0.15) is 5.82 Å². The van der Waals surface area contributed by atoms with Gasteiger partial charge in [-0.15, -0.1) is 0 Å². The smallest absolute Gasteiger partial charge is 0.224 e. The van der Waals surface area contributed by atoms with E-state index >= 15 is 0 Å². The highest BCUT2D eigenvalue weighted by Gasteiger charge is 2.35. The van der Waals surface area contributed by atoms with Gasteiger partial charge >= 0.3 is 0 Å². The third-order valence-corrected chi connectivity index (χ3v) is 4.28. The monoisotopic (exact) mass is 276 g/mol. The summed E-state index contributed by atoms with van der Waals surface area (Å²) in [7, 11) is 0. The molecule has 1 saturated heterocycles. The lowest BCUT2D eigenvalue weighted by Crippen LogP contribution is -2.53. The maximum atomic E-state index is 5.95. The van der Waals surface area contributed by atoms with E-state index in [1.54, 1.807) is 0 Å². The summed E-state index contributed by atoms with van der Waals surface area (Å²) in [6.07, 6.45) is 7.30. The Balaban J connectivity index is 1.88. The summed E-state index contributed by atoms with van der Waals surface area (Å²) in [6.45, 7) is 6.75. The Morgan fingerprint density at radius 3 is 3.10 bits per heavy atom. The van der Waals surface area contributed by atoms with Crippen LogP contribution < -0.4 is 10.2 Å². The minimum Gasteiger partial charge on any atom is -0.374 e. The fourth-order valence-electron chi connectivity index (χ4n) is 3.33. The maximum Gasteiger partial charge on any atom is 0.224 e. The number of rotatable bonds is 3. The first kappa shape index (κ1) is 13.6. The summed E-state index contributed by atoms with van der Waals surface area (Å²) in [4.78, 5) is 11.5. The van der Waals surface area contributed by atoms with Gasteiger partial charge in [0.2, 0.25) is 5.95 Å². The number of hydrogen-bond donors (Lipinski definition) is 1. The van der Waals surface area contributed by atoms with Gasteiger partial charge in [0.15, 0.2) is 0 Å². The molecule has 2 unspecified atom stereocenters. The molecule has 2 fully saturated rings. The Hall–Kier alpha value is -1.36. The van der Waals surface area contributed by atoms with Gasteiger partial charge in [0.05, 0.1) is 18.8 Å². The average molecular weight is 276 g/mol. The molecule has 0 spiro atoms. The highest BCUT2D eigenvalue weighted by atomic mass is 16.5. The topological polar surface area (TPSA) is 50.3 Å². The molecule has 2 aliphatic rings. The highest BCUT2D eigenvalue weighted by Crippen LogP contribution is 2.32. The third-order valence-electron chi connectivity index (χ3n) is 4.28. The van der Waals surface area contributed by atoms with E-state index < -0.39 is 0 Å². The van der Waals surface area contributed by atoms with Gasteiger partial charge in [-0.1, -0.05) is 12.8 Å². The number of nitrogens with zero attached hydrogens (tertiary/aromatic N) is 3. The van der Waals surface area contributed by atoms with Crippen molar-refractivity contribution < 1.29 is 4.74 Å². The fourth-order valence-corrected chi connectivity index (χ4v) is 3.33. The normalized spacial score (nSPS) is 26.2. The number of ether oxygens (including phenoxy) is 1. The standard InChI is InChI=1S/C15H24N4O/c1-3-16-15-17-10-11(2)14(18-15)19-8-9-20-13-7-5-4-6-12(13)19/h10,12-13H,3-9H2,1-2H3,(H,16,17,18). The van der Waals surface area contributed by atoms with E-state index in [-0.39, 0.29) is 0 Å². The second-order valence-corrected chi connectivity index (χ2v) is 5.69. The number of morpholine rings is 1. The van der Waals surface area contributed by atoms with Crippen molar-refractivity contribution in [2.24, 2.45) is 0 Å². The lowest BCUT2D eigenvalue weighted by Gasteiger charge is -2.44. The number of anilines is 2. The molecule has 0 radical (unpaired) electrons. The van der Waals surface area contributed by atoms with E-state index in [1.807, 2.05) is 6.20 Å². The van der Waals surface area contributed by atoms with E-state index in [1.165, 1.54) is 25.7 Å². The van der Waals surface area contributed by atoms with Crippen molar-refractivity contribution in [3.63, 3.8) is 0 Å². The van der Waals surface area contributed by atoms with Crippen LogP contribution >= 0.6 is 0 Å². The lowest BCUT2D eigenvalue weighted by atomic mass is 9.90. The predicted octanol–water partition coefficient (Wildman–Crippen LogP) is 2.36. The quantitative estimate of drug-likeness (QED) is 0.918. The van der Waals surface area contributed by atoms with Gasteiger partial charge in [-0.3, -0.25) is 0 Å². The second kappa shape index (κ2) is 5.95. The molecule has 1 aromatic rings. The van der Waals surface area contributed by atoms with Gasteiger partial charge in [0, 0.05) is 24.8 Å². The van der Waals surface area contributed by atoms with Crippen molar-refractivity contribution in [3.8, 4) is 0 Å². The number of aromatic nitrogens is 2. The molecule has 20 heavy (non-hydrogen) atoms. The zero-order valence-corrected chi connectivity index (χ0v) is 12.4. The molecule has 1 saturated carbocycles. The predicted molar refractivity (Wildman–Crippen MR) is 80.3 cm³/mol. The van der Waals surface area contributed by atoms with Gasteiger partial charge < -0.3 is 15.0 Å². The van der Waals surface area contributed by atoms with Gasteiger partial charge in [-0.25, -0.2) is 4.98 Å². The minimum atomic E-state index is 0.384. The second-order valence-electron chi connectivity index (χ2n) is 5.69. The Bertz CT molecular complexity index is 463. The summed E-state index contributed by atoms with van der Waals surface area (Å²) >= 11 is 0. The number of hydrogen-bond acceptors (Lipinski definition) is 5. The highest BCUT2D eigenvalue weighted by molar-refractivity contribution is 5.50. The summed E-state index contributed by atoms with van der Waals surface area (Å²) in [6, 6.07) is 0.487. The van der Waals surface area contributed by atoms with Crippen LogP contribution in [0.1, 0.15) is 38.2 Å². The van der Waals surface area contributed by atoms with Crippen molar-refractivity contribution in [1.82, 2.24) is 9.97 Å². The molecule has 2 atom stereocenters. The van der Waals surface area contributed by atoms with Crippen LogP contribution in [0.3, 0.4) is 0 Å². The first-order valence-corrected chi connectivity index (χ1v) is 7.75. The SMILES string of the molecule is CCNc1ncc(C)c(N2CCOC3CCCCC32)n1. The molecule has 110 valence electrons. The fraction of sp³-hybridized carbons (Fsp3) is 0.733. The largest absolute Gasteiger partial charge is 0.374 e. The van der Waals surface area contributed by atoms with Crippen LogP contribution in [-0.4, -0.2) is 41.8 Å². The van der Waals surface area contributed by atoms with Crippen LogP contribution in [0.15, 0.2) is 6.20 Å². The van der Waals surface area contributed by atoms with E-state index in [2.05, 4.69) is 29.0 Å². The molecule has 0 bridgehead atoms. The van der Waals surface area contributed by atoms with E-state index in [4.69, 9.17) is 9.72 Å². The zero-order chi connectivity index (χ0) is 13.9. The summed E-state index contributed by atoms with van der Waals surface area (Å²) < 4.78 is 5.95. The van der Waals surface area contributed by atoms with Gasteiger partial charge in [-0.05, 0) is 26.7 Å². The van der Waals surface area contributed by atoms with Crippen LogP contribution in [0.25, 0.3) is 0 Å². The molecule has 1 aliphatic heterocycles. The van der Waals surface area contributed by atoms with Gasteiger partial charge in [0.25, 0.3) is 0 Å². The van der Waals surface area contributed by atoms with Crippen LogP contribution in [0.2, 0.25) is 0 Å². The van der Waals surface area contributed by atoms with Crippen molar-refractivity contribution in [2.75, 3.05) is 29.9 Å². The average Bonchev–Trinajstić information content (AvgIpc) is 2.49. The summed E-state index contributed by atoms with van der Waals surface area (Å²) in [5.41, 5.74) is 1.15. The molecule has 0 amide bonds. The number of nitrogens with one attached hydrogen (secondary N) is 1. The Kier molecular flexibility index (Phi) is 4.05. The van der Waals surface area contributed by atoms with E-state index in [9.17, 15) is 0 Å². The molecule has 2 heterocycles. The van der Waals surface area contributed by atoms with Crippen LogP contribution in [0, 0.1) is 6.92 Å². The molecule has 0 aromatic carbocycles. The molecule has 1 aromatic heterocycles.